The lowest BCUT2D eigenvalue weighted by atomic mass is 10.2. The van der Waals surface area contributed by atoms with Gasteiger partial charge in [0.2, 0.25) is 0 Å². The maximum atomic E-state index is 10.9. The molecule has 0 aromatic rings. The summed E-state index contributed by atoms with van der Waals surface area (Å²) < 4.78 is 23.5. The minimum Gasteiger partial charge on any atom is -0.465 e. The topological polar surface area (TPSA) is 63.6 Å². The number of rotatable bonds is 6. The molecule has 78 valence electrons. The smallest absolute Gasteiger partial charge is 0.305 e. The average molecular weight is 208 g/mol. The zero-order chi connectivity index (χ0) is 10.3. The first-order valence-corrected chi connectivity index (χ1v) is 5.53. The number of ether oxygens (including phenoxy) is 1. The summed E-state index contributed by atoms with van der Waals surface area (Å²) in [6, 6.07) is 0. The third kappa shape index (κ3) is 9.49. The number of hydrogen-bond donors (Lipinski definition) is 1. The maximum Gasteiger partial charge on any atom is 0.305 e. The van der Waals surface area contributed by atoms with Crippen LogP contribution in [0, 0.1) is 5.92 Å². The minimum atomic E-state index is -1.80. The van der Waals surface area contributed by atoms with Gasteiger partial charge in [0.1, 0.15) is 0 Å². The summed E-state index contributed by atoms with van der Waals surface area (Å²) in [6.07, 6.45) is 0.624. The lowest BCUT2D eigenvalue weighted by molar-refractivity contribution is -0.144. The molecule has 0 amide bonds. The first kappa shape index (κ1) is 12.6. The molecule has 0 heterocycles. The molecule has 0 aliphatic carbocycles. The van der Waals surface area contributed by atoms with Crippen molar-refractivity contribution in [2.45, 2.75) is 26.7 Å². The van der Waals surface area contributed by atoms with Gasteiger partial charge in [-0.2, -0.15) is 0 Å². The van der Waals surface area contributed by atoms with E-state index in [-0.39, 0.29) is 18.1 Å². The first-order valence-electron chi connectivity index (χ1n) is 4.25. The van der Waals surface area contributed by atoms with Crippen molar-refractivity contribution in [2.75, 3.05) is 12.4 Å². The second kappa shape index (κ2) is 7.03. The second-order valence-corrected chi connectivity index (χ2v) is 4.26. The number of carbonyl (C=O) groups excluding carboxylic acids is 1. The van der Waals surface area contributed by atoms with Crippen LogP contribution in [0.15, 0.2) is 0 Å². The Labute approximate surface area is 80.9 Å². The van der Waals surface area contributed by atoms with E-state index in [0.717, 1.165) is 0 Å². The van der Waals surface area contributed by atoms with Gasteiger partial charge in [-0.1, -0.05) is 13.8 Å². The van der Waals surface area contributed by atoms with Gasteiger partial charge in [0.15, 0.2) is 11.1 Å². The molecule has 1 atom stereocenters. The van der Waals surface area contributed by atoms with Crippen LogP contribution < -0.4 is 0 Å². The minimum absolute atomic E-state index is 0.136. The largest absolute Gasteiger partial charge is 0.465 e. The molecule has 1 N–H and O–H groups in total. The summed E-state index contributed by atoms with van der Waals surface area (Å²) in [5.41, 5.74) is 0. The molecule has 0 bridgehead atoms. The Hall–Kier alpha value is -0.420. The lowest BCUT2D eigenvalue weighted by Crippen LogP contribution is -2.10. The molecule has 0 rings (SSSR count). The normalized spacial score (nSPS) is 12.9. The van der Waals surface area contributed by atoms with E-state index in [1.54, 1.807) is 0 Å². The first-order chi connectivity index (χ1) is 6.02. The van der Waals surface area contributed by atoms with Crippen LogP contribution in [0.1, 0.15) is 26.7 Å². The molecule has 0 aromatic carbocycles. The van der Waals surface area contributed by atoms with Gasteiger partial charge in [0.25, 0.3) is 0 Å². The Kier molecular flexibility index (Phi) is 6.80. The predicted octanol–water partition coefficient (Wildman–Crippen LogP) is 1.19. The highest BCUT2D eigenvalue weighted by atomic mass is 32.2. The Balaban J connectivity index is 3.35. The van der Waals surface area contributed by atoms with Crippen molar-refractivity contribution >= 4 is 17.0 Å². The molecule has 0 radical (unpaired) electrons. The van der Waals surface area contributed by atoms with Gasteiger partial charge in [-0.05, 0) is 12.3 Å². The molecular weight excluding hydrogens is 192 g/mol. The van der Waals surface area contributed by atoms with Crippen LogP contribution in [0.25, 0.3) is 0 Å². The Morgan fingerprint density at radius 3 is 2.62 bits per heavy atom. The quantitative estimate of drug-likeness (QED) is 0.526. The number of hydrogen-bond acceptors (Lipinski definition) is 3. The fourth-order valence-corrected chi connectivity index (χ4v) is 1.06. The van der Waals surface area contributed by atoms with Crippen LogP contribution in [0.4, 0.5) is 0 Å². The van der Waals surface area contributed by atoms with Crippen LogP contribution in [-0.2, 0) is 20.6 Å². The molecule has 0 spiro atoms. The summed E-state index contributed by atoms with van der Waals surface area (Å²) >= 11 is -1.80. The van der Waals surface area contributed by atoms with E-state index in [9.17, 15) is 9.00 Å². The molecule has 0 aliphatic heterocycles. The monoisotopic (exact) mass is 208 g/mol. The summed E-state index contributed by atoms with van der Waals surface area (Å²) in [6.45, 7) is 4.33. The predicted molar refractivity (Wildman–Crippen MR) is 50.7 cm³/mol. The molecule has 0 saturated carbocycles. The highest BCUT2D eigenvalue weighted by Crippen LogP contribution is 1.98. The summed E-state index contributed by atoms with van der Waals surface area (Å²) in [5, 5.41) is 0. The van der Waals surface area contributed by atoms with Crippen molar-refractivity contribution in [1.82, 2.24) is 0 Å². The fourth-order valence-electron chi connectivity index (χ4n) is 0.672. The van der Waals surface area contributed by atoms with Crippen molar-refractivity contribution < 1.29 is 18.3 Å². The van der Waals surface area contributed by atoms with Gasteiger partial charge in [-0.3, -0.25) is 4.79 Å². The van der Waals surface area contributed by atoms with Crippen molar-refractivity contribution in [3.63, 3.8) is 0 Å². The van der Waals surface area contributed by atoms with Gasteiger partial charge in [-0.15, -0.1) is 0 Å². The molecule has 13 heavy (non-hydrogen) atoms. The van der Waals surface area contributed by atoms with E-state index < -0.39 is 11.1 Å². The Bertz CT molecular complexity index is 179. The number of esters is 1. The zero-order valence-electron chi connectivity index (χ0n) is 7.99. The lowest BCUT2D eigenvalue weighted by Gasteiger charge is -2.05. The van der Waals surface area contributed by atoms with E-state index in [0.29, 0.717) is 18.9 Å². The van der Waals surface area contributed by atoms with Gasteiger partial charge in [-0.25, -0.2) is 4.21 Å². The molecule has 0 aliphatic rings. The second-order valence-electron chi connectivity index (χ2n) is 3.21. The highest BCUT2D eigenvalue weighted by Gasteiger charge is 2.04. The van der Waals surface area contributed by atoms with Gasteiger partial charge >= 0.3 is 5.97 Å². The molecule has 1 unspecified atom stereocenters. The van der Waals surface area contributed by atoms with Gasteiger partial charge < -0.3 is 9.29 Å². The average Bonchev–Trinajstić information content (AvgIpc) is 2.00. The number of carbonyl (C=O) groups is 1. The van der Waals surface area contributed by atoms with E-state index in [1.165, 1.54) is 0 Å². The zero-order valence-corrected chi connectivity index (χ0v) is 8.80. The summed E-state index contributed by atoms with van der Waals surface area (Å²) in [5.74, 6) is 0.173. The molecule has 0 aromatic heterocycles. The highest BCUT2D eigenvalue weighted by molar-refractivity contribution is 7.79. The van der Waals surface area contributed by atoms with E-state index in [2.05, 4.69) is 0 Å². The maximum absolute atomic E-state index is 10.9. The third-order valence-electron chi connectivity index (χ3n) is 1.28. The van der Waals surface area contributed by atoms with Crippen molar-refractivity contribution in [3.8, 4) is 0 Å². The van der Waals surface area contributed by atoms with E-state index >= 15 is 0 Å². The van der Waals surface area contributed by atoms with E-state index in [4.69, 9.17) is 9.29 Å². The molecular formula is C8H16O4S. The molecule has 4 nitrogen and oxygen atoms in total. The standard InChI is InChI=1S/C8H16O4S/c1-7(2)6-12-8(9)4-3-5-13(10)11/h7H,3-6H2,1-2H3,(H,10,11). The van der Waals surface area contributed by atoms with Crippen LogP contribution in [0.5, 0.6) is 0 Å². The van der Waals surface area contributed by atoms with Gasteiger partial charge in [0, 0.05) is 12.2 Å². The fraction of sp³-hybridized carbons (Fsp3) is 0.875. The van der Waals surface area contributed by atoms with Crippen LogP contribution >= 0.6 is 0 Å². The van der Waals surface area contributed by atoms with Gasteiger partial charge in [0.05, 0.1) is 6.61 Å². The Morgan fingerprint density at radius 2 is 2.15 bits per heavy atom. The van der Waals surface area contributed by atoms with Crippen LogP contribution in [0.3, 0.4) is 0 Å². The van der Waals surface area contributed by atoms with Crippen molar-refractivity contribution in [3.05, 3.63) is 0 Å². The summed E-state index contributed by atoms with van der Waals surface area (Å²) in [7, 11) is 0. The SMILES string of the molecule is CC(C)COC(=O)CCCS(=O)O. The summed E-state index contributed by atoms with van der Waals surface area (Å²) in [4.78, 5) is 10.9. The molecule has 5 heteroatoms. The molecule has 0 saturated heterocycles. The third-order valence-corrected chi connectivity index (χ3v) is 1.92. The van der Waals surface area contributed by atoms with Crippen LogP contribution in [-0.4, -0.2) is 27.1 Å². The van der Waals surface area contributed by atoms with Crippen molar-refractivity contribution in [1.29, 1.82) is 0 Å². The van der Waals surface area contributed by atoms with E-state index in [1.807, 2.05) is 13.8 Å². The molecule has 0 fully saturated rings. The van der Waals surface area contributed by atoms with Crippen LogP contribution in [0.2, 0.25) is 0 Å². The Morgan fingerprint density at radius 1 is 1.54 bits per heavy atom. The van der Waals surface area contributed by atoms with Crippen molar-refractivity contribution in [2.24, 2.45) is 5.92 Å².